The number of carbonyl (C=O) groups excluding carboxylic acids is 1. The average Bonchev–Trinajstić information content (AvgIpc) is 2.87. The number of halogens is 1. The second-order valence-corrected chi connectivity index (χ2v) is 6.51. The fourth-order valence-electron chi connectivity index (χ4n) is 2.05. The van der Waals surface area contributed by atoms with E-state index >= 15 is 0 Å². The normalized spacial score (nSPS) is 10.5. The van der Waals surface area contributed by atoms with E-state index in [1.165, 1.54) is 17.4 Å². The Morgan fingerprint density at radius 2 is 1.83 bits per heavy atom. The number of rotatable bonds is 2. The molecule has 23 heavy (non-hydrogen) atoms. The summed E-state index contributed by atoms with van der Waals surface area (Å²) < 4.78 is 0.933. The molecule has 7 heteroatoms. The molecular weight excluding hydrogens is 352 g/mol. The maximum atomic E-state index is 12.3. The average molecular weight is 363 g/mol. The molecule has 0 spiro atoms. The summed E-state index contributed by atoms with van der Waals surface area (Å²) >= 11 is 12.7. The third-order valence-corrected chi connectivity index (χ3v) is 5.00. The van der Waals surface area contributed by atoms with Crippen molar-refractivity contribution in [3.05, 3.63) is 58.4 Å². The minimum atomic E-state index is -0.385. The van der Waals surface area contributed by atoms with E-state index in [9.17, 15) is 9.90 Å². The first-order chi connectivity index (χ1) is 11.1. The summed E-state index contributed by atoms with van der Waals surface area (Å²) in [7, 11) is 0. The van der Waals surface area contributed by atoms with Crippen molar-refractivity contribution in [3.8, 4) is 5.75 Å². The first-order valence-corrected chi connectivity index (χ1v) is 8.24. The zero-order valence-electron chi connectivity index (χ0n) is 11.7. The van der Waals surface area contributed by atoms with E-state index in [0.717, 1.165) is 10.1 Å². The number of thiophene rings is 1. The zero-order chi connectivity index (χ0) is 16.4. The van der Waals surface area contributed by atoms with Gasteiger partial charge in [-0.3, -0.25) is 10.1 Å². The standard InChI is InChI=1S/C16H11ClN2O2S2/c17-13-9-5-1-4-8-12(9)23-14(13)15(21)19-16(22)18-10-6-2-3-7-11(10)20/h1-8,20H,(H2,18,19,21,22). The second kappa shape index (κ2) is 6.54. The van der Waals surface area contributed by atoms with Crippen molar-refractivity contribution in [2.45, 2.75) is 0 Å². The van der Waals surface area contributed by atoms with Crippen LogP contribution in [0, 0.1) is 0 Å². The number of hydrogen-bond acceptors (Lipinski definition) is 4. The molecule has 0 saturated heterocycles. The summed E-state index contributed by atoms with van der Waals surface area (Å²) in [6.45, 7) is 0. The number of carbonyl (C=O) groups is 1. The van der Waals surface area contributed by atoms with Gasteiger partial charge in [-0.15, -0.1) is 11.3 Å². The molecule has 0 fully saturated rings. The van der Waals surface area contributed by atoms with Gasteiger partial charge in [0.1, 0.15) is 10.6 Å². The monoisotopic (exact) mass is 362 g/mol. The van der Waals surface area contributed by atoms with Gasteiger partial charge in [-0.2, -0.15) is 0 Å². The van der Waals surface area contributed by atoms with Crippen molar-refractivity contribution in [2.24, 2.45) is 0 Å². The third kappa shape index (κ3) is 3.29. The molecule has 0 saturated carbocycles. The smallest absolute Gasteiger partial charge is 0.269 e. The van der Waals surface area contributed by atoms with Crippen LogP contribution in [0.5, 0.6) is 5.75 Å². The molecule has 0 aliphatic heterocycles. The molecule has 0 unspecified atom stereocenters. The minimum Gasteiger partial charge on any atom is -0.506 e. The Morgan fingerprint density at radius 3 is 2.57 bits per heavy atom. The molecule has 0 aliphatic rings. The predicted octanol–water partition coefficient (Wildman–Crippen LogP) is 4.39. The van der Waals surface area contributed by atoms with Gasteiger partial charge in [0.25, 0.3) is 5.91 Å². The molecule has 1 aromatic heterocycles. The van der Waals surface area contributed by atoms with Crippen LogP contribution in [0.4, 0.5) is 5.69 Å². The van der Waals surface area contributed by atoms with Crippen molar-refractivity contribution in [1.29, 1.82) is 0 Å². The van der Waals surface area contributed by atoms with Gasteiger partial charge in [-0.25, -0.2) is 0 Å². The van der Waals surface area contributed by atoms with Crippen LogP contribution < -0.4 is 10.6 Å². The van der Waals surface area contributed by atoms with E-state index < -0.39 is 0 Å². The fraction of sp³-hybridized carbons (Fsp3) is 0. The Morgan fingerprint density at radius 1 is 1.13 bits per heavy atom. The molecule has 3 aromatic rings. The molecule has 2 aromatic carbocycles. The van der Waals surface area contributed by atoms with Gasteiger partial charge < -0.3 is 10.4 Å². The Hall–Kier alpha value is -2.15. The van der Waals surface area contributed by atoms with Crippen molar-refractivity contribution in [1.82, 2.24) is 5.32 Å². The summed E-state index contributed by atoms with van der Waals surface area (Å²) in [4.78, 5) is 12.7. The lowest BCUT2D eigenvalue weighted by molar-refractivity contribution is 0.0982. The molecule has 4 nitrogen and oxygen atoms in total. The molecule has 0 radical (unpaired) electrons. The fourth-order valence-corrected chi connectivity index (χ4v) is 3.67. The second-order valence-electron chi connectivity index (χ2n) is 4.67. The van der Waals surface area contributed by atoms with Crippen molar-refractivity contribution < 1.29 is 9.90 Å². The van der Waals surface area contributed by atoms with Crippen LogP contribution >= 0.6 is 35.2 Å². The van der Waals surface area contributed by atoms with Crippen LogP contribution in [-0.4, -0.2) is 16.1 Å². The molecule has 3 N–H and O–H groups in total. The number of anilines is 1. The molecular formula is C16H11ClN2O2S2. The van der Waals surface area contributed by atoms with Gasteiger partial charge in [-0.1, -0.05) is 41.9 Å². The van der Waals surface area contributed by atoms with Crippen LogP contribution in [0.2, 0.25) is 5.02 Å². The molecule has 116 valence electrons. The number of phenolic OH excluding ortho intramolecular Hbond substituents is 1. The van der Waals surface area contributed by atoms with E-state index in [1.54, 1.807) is 18.2 Å². The van der Waals surface area contributed by atoms with Crippen molar-refractivity contribution in [3.63, 3.8) is 0 Å². The van der Waals surface area contributed by atoms with Crippen LogP contribution in [0.1, 0.15) is 9.67 Å². The predicted molar refractivity (Wildman–Crippen MR) is 98.6 cm³/mol. The SMILES string of the molecule is O=C(NC(=S)Nc1ccccc1O)c1sc2ccccc2c1Cl. The maximum Gasteiger partial charge on any atom is 0.269 e. The summed E-state index contributed by atoms with van der Waals surface area (Å²) in [6.07, 6.45) is 0. The number of phenols is 1. The lowest BCUT2D eigenvalue weighted by atomic mass is 10.2. The van der Waals surface area contributed by atoms with Gasteiger partial charge in [-0.05, 0) is 30.4 Å². The van der Waals surface area contributed by atoms with E-state index in [2.05, 4.69) is 10.6 Å². The van der Waals surface area contributed by atoms with Crippen LogP contribution in [0.15, 0.2) is 48.5 Å². The largest absolute Gasteiger partial charge is 0.506 e. The van der Waals surface area contributed by atoms with E-state index in [1.807, 2.05) is 24.3 Å². The van der Waals surface area contributed by atoms with E-state index in [0.29, 0.717) is 15.6 Å². The number of thiocarbonyl (C=S) groups is 1. The Kier molecular flexibility index (Phi) is 4.47. The van der Waals surface area contributed by atoms with Gasteiger partial charge in [0, 0.05) is 10.1 Å². The highest BCUT2D eigenvalue weighted by molar-refractivity contribution is 7.80. The van der Waals surface area contributed by atoms with Crippen LogP contribution in [0.25, 0.3) is 10.1 Å². The van der Waals surface area contributed by atoms with E-state index in [4.69, 9.17) is 23.8 Å². The number of para-hydroxylation sites is 2. The lowest BCUT2D eigenvalue weighted by Crippen LogP contribution is -2.33. The Balaban J connectivity index is 1.77. The molecule has 1 heterocycles. The van der Waals surface area contributed by atoms with Crippen LogP contribution in [-0.2, 0) is 0 Å². The van der Waals surface area contributed by atoms with Gasteiger partial charge >= 0.3 is 0 Å². The van der Waals surface area contributed by atoms with Crippen LogP contribution in [0.3, 0.4) is 0 Å². The molecule has 0 bridgehead atoms. The van der Waals surface area contributed by atoms with Crippen molar-refractivity contribution >= 4 is 61.9 Å². The van der Waals surface area contributed by atoms with Crippen molar-refractivity contribution in [2.75, 3.05) is 5.32 Å². The highest BCUT2D eigenvalue weighted by Crippen LogP contribution is 2.35. The summed E-state index contributed by atoms with van der Waals surface area (Å²) in [5, 5.41) is 16.4. The molecule has 0 aliphatic carbocycles. The minimum absolute atomic E-state index is 0.0454. The van der Waals surface area contributed by atoms with Gasteiger partial charge in [0.2, 0.25) is 0 Å². The lowest BCUT2D eigenvalue weighted by Gasteiger charge is -2.10. The first kappa shape index (κ1) is 15.7. The Labute approximate surface area is 146 Å². The quantitative estimate of drug-likeness (QED) is 0.467. The van der Waals surface area contributed by atoms with Gasteiger partial charge in [0.15, 0.2) is 5.11 Å². The molecule has 0 atom stereocenters. The Bertz CT molecular complexity index is 908. The first-order valence-electron chi connectivity index (χ1n) is 6.63. The number of hydrogen-bond donors (Lipinski definition) is 3. The topological polar surface area (TPSA) is 61.4 Å². The highest BCUT2D eigenvalue weighted by atomic mass is 35.5. The van der Waals surface area contributed by atoms with E-state index in [-0.39, 0.29) is 16.8 Å². The molecule has 3 rings (SSSR count). The number of aromatic hydroxyl groups is 1. The molecule has 1 amide bonds. The summed E-state index contributed by atoms with van der Waals surface area (Å²) in [5.74, 6) is -0.340. The summed E-state index contributed by atoms with van der Waals surface area (Å²) in [6, 6.07) is 14.1. The number of benzene rings is 2. The maximum absolute atomic E-state index is 12.3. The zero-order valence-corrected chi connectivity index (χ0v) is 14.1. The summed E-state index contributed by atoms with van der Waals surface area (Å²) in [5.41, 5.74) is 0.417. The number of fused-ring (bicyclic) bond motifs is 1. The number of amides is 1. The van der Waals surface area contributed by atoms with Gasteiger partial charge in [0.05, 0.1) is 10.7 Å². The third-order valence-electron chi connectivity index (χ3n) is 3.12. The highest BCUT2D eigenvalue weighted by Gasteiger charge is 2.18. The number of nitrogens with one attached hydrogen (secondary N) is 2.